The Hall–Kier alpha value is -0.380. The molecule has 1 aromatic rings. The van der Waals surface area contributed by atoms with Crippen LogP contribution in [0.25, 0.3) is 0 Å². The summed E-state index contributed by atoms with van der Waals surface area (Å²) in [5.74, 6) is 0. The van der Waals surface area contributed by atoms with E-state index in [2.05, 4.69) is 46.4 Å². The van der Waals surface area contributed by atoms with Gasteiger partial charge in [-0.2, -0.15) is 0 Å². The number of nitrogens with two attached hydrogens (primary N) is 1. The predicted octanol–water partition coefficient (Wildman–Crippen LogP) is 3.68. The molecule has 2 nitrogen and oxygen atoms in total. The average molecular weight is 311 g/mol. The van der Waals surface area contributed by atoms with E-state index in [0.717, 1.165) is 0 Å². The summed E-state index contributed by atoms with van der Waals surface area (Å²) in [6, 6.07) is 7.47. The Morgan fingerprint density at radius 2 is 2.06 bits per heavy atom. The first-order chi connectivity index (χ1) is 8.70. The molecule has 18 heavy (non-hydrogen) atoms. The summed E-state index contributed by atoms with van der Waals surface area (Å²) in [4.78, 5) is 0. The fraction of sp³-hybridized carbons (Fsp3) is 0.600. The van der Waals surface area contributed by atoms with Crippen LogP contribution in [0.15, 0.2) is 22.7 Å². The fourth-order valence-electron chi connectivity index (χ4n) is 2.68. The quantitative estimate of drug-likeness (QED) is 0.890. The minimum Gasteiger partial charge on any atom is -0.329 e. The summed E-state index contributed by atoms with van der Waals surface area (Å²) < 4.78 is 1.17. The van der Waals surface area contributed by atoms with Gasteiger partial charge in [-0.25, -0.2) is 0 Å². The lowest BCUT2D eigenvalue weighted by molar-refractivity contribution is 0.340. The number of rotatable bonds is 4. The van der Waals surface area contributed by atoms with Gasteiger partial charge in [0.1, 0.15) is 0 Å². The van der Waals surface area contributed by atoms with Crippen LogP contribution >= 0.6 is 15.9 Å². The van der Waals surface area contributed by atoms with E-state index >= 15 is 0 Å². The molecule has 3 heteroatoms. The molecule has 1 aromatic carbocycles. The number of halogens is 1. The zero-order chi connectivity index (χ0) is 13.0. The van der Waals surface area contributed by atoms with Crippen molar-refractivity contribution in [2.45, 2.75) is 51.1 Å². The highest BCUT2D eigenvalue weighted by molar-refractivity contribution is 9.10. The lowest BCUT2D eigenvalue weighted by atomic mass is 9.94. The van der Waals surface area contributed by atoms with Gasteiger partial charge in [0.15, 0.2) is 0 Å². The minimum absolute atomic E-state index is 0.282. The molecule has 0 amide bonds. The van der Waals surface area contributed by atoms with Crippen molar-refractivity contribution in [1.82, 2.24) is 5.32 Å². The second-order valence-electron chi connectivity index (χ2n) is 5.30. The molecule has 2 rings (SSSR count). The van der Waals surface area contributed by atoms with Crippen molar-refractivity contribution in [3.05, 3.63) is 33.8 Å². The van der Waals surface area contributed by atoms with Crippen molar-refractivity contribution in [3.8, 4) is 0 Å². The lowest BCUT2D eigenvalue weighted by Crippen LogP contribution is -2.37. The highest BCUT2D eigenvalue weighted by atomic mass is 79.9. The number of hydrogen-bond donors (Lipinski definition) is 2. The predicted molar refractivity (Wildman–Crippen MR) is 80.7 cm³/mol. The first-order valence-corrected chi connectivity index (χ1v) is 7.72. The number of benzene rings is 1. The largest absolute Gasteiger partial charge is 0.329 e. The SMILES string of the molecule is Cc1ccc(C(CN)NC2CCCCC2)cc1Br. The normalized spacial score (nSPS) is 18.8. The molecule has 0 radical (unpaired) electrons. The third-order valence-corrected chi connectivity index (χ3v) is 4.73. The molecule has 100 valence electrons. The Morgan fingerprint density at radius 1 is 1.33 bits per heavy atom. The molecule has 0 saturated heterocycles. The second-order valence-corrected chi connectivity index (χ2v) is 6.15. The lowest BCUT2D eigenvalue weighted by Gasteiger charge is -2.28. The van der Waals surface area contributed by atoms with Crippen LogP contribution in [-0.2, 0) is 0 Å². The van der Waals surface area contributed by atoms with Gasteiger partial charge in [-0.1, -0.05) is 47.3 Å². The number of nitrogens with one attached hydrogen (secondary N) is 1. The van der Waals surface area contributed by atoms with E-state index in [-0.39, 0.29) is 6.04 Å². The molecule has 3 N–H and O–H groups in total. The van der Waals surface area contributed by atoms with E-state index in [1.54, 1.807) is 0 Å². The van der Waals surface area contributed by atoms with E-state index in [1.165, 1.54) is 47.7 Å². The summed E-state index contributed by atoms with van der Waals surface area (Å²) in [7, 11) is 0. The van der Waals surface area contributed by atoms with Crippen LogP contribution < -0.4 is 11.1 Å². The van der Waals surface area contributed by atoms with Crippen LogP contribution in [0.1, 0.15) is 49.3 Å². The highest BCUT2D eigenvalue weighted by Crippen LogP contribution is 2.24. The smallest absolute Gasteiger partial charge is 0.0447 e. The summed E-state index contributed by atoms with van der Waals surface area (Å²) in [5, 5.41) is 3.72. The second kappa shape index (κ2) is 6.69. The van der Waals surface area contributed by atoms with Crippen molar-refractivity contribution >= 4 is 15.9 Å². The monoisotopic (exact) mass is 310 g/mol. The Labute approximate surface area is 118 Å². The Kier molecular flexibility index (Phi) is 5.22. The first-order valence-electron chi connectivity index (χ1n) is 6.93. The van der Waals surface area contributed by atoms with Crippen molar-refractivity contribution < 1.29 is 0 Å². The molecule has 0 bridgehead atoms. The van der Waals surface area contributed by atoms with Gasteiger partial charge < -0.3 is 11.1 Å². The third-order valence-electron chi connectivity index (χ3n) is 3.88. The van der Waals surface area contributed by atoms with Gasteiger partial charge >= 0.3 is 0 Å². The van der Waals surface area contributed by atoms with Crippen LogP contribution in [0, 0.1) is 6.92 Å². The number of hydrogen-bond acceptors (Lipinski definition) is 2. The summed E-state index contributed by atoms with van der Waals surface area (Å²) in [6.07, 6.45) is 6.69. The molecule has 0 aliphatic heterocycles. The molecular formula is C15H23BrN2. The van der Waals surface area contributed by atoms with E-state index in [0.29, 0.717) is 12.6 Å². The van der Waals surface area contributed by atoms with E-state index in [9.17, 15) is 0 Å². The fourth-order valence-corrected chi connectivity index (χ4v) is 3.08. The van der Waals surface area contributed by atoms with Gasteiger partial charge in [0.05, 0.1) is 0 Å². The van der Waals surface area contributed by atoms with Crippen LogP contribution in [0.5, 0.6) is 0 Å². The zero-order valence-electron chi connectivity index (χ0n) is 11.1. The molecule has 0 spiro atoms. The van der Waals surface area contributed by atoms with Crippen LogP contribution in [0.3, 0.4) is 0 Å². The van der Waals surface area contributed by atoms with Crippen LogP contribution in [-0.4, -0.2) is 12.6 Å². The van der Waals surface area contributed by atoms with Gasteiger partial charge in [0.2, 0.25) is 0 Å². The van der Waals surface area contributed by atoms with Gasteiger partial charge in [-0.15, -0.1) is 0 Å². The Morgan fingerprint density at radius 3 is 2.67 bits per heavy atom. The molecule has 1 aliphatic carbocycles. The molecular weight excluding hydrogens is 288 g/mol. The summed E-state index contributed by atoms with van der Waals surface area (Å²) in [5.41, 5.74) is 8.50. The third kappa shape index (κ3) is 3.56. The van der Waals surface area contributed by atoms with E-state index < -0.39 is 0 Å². The minimum atomic E-state index is 0.282. The van der Waals surface area contributed by atoms with E-state index in [1.807, 2.05) is 0 Å². The molecule has 1 aliphatic rings. The van der Waals surface area contributed by atoms with Gasteiger partial charge in [-0.3, -0.25) is 0 Å². The van der Waals surface area contributed by atoms with Crippen LogP contribution in [0.2, 0.25) is 0 Å². The molecule has 1 atom stereocenters. The summed E-state index contributed by atoms with van der Waals surface area (Å²) in [6.45, 7) is 2.77. The standard InChI is InChI=1S/C15H23BrN2/c1-11-7-8-12(9-14(11)16)15(10-17)18-13-5-3-2-4-6-13/h7-9,13,15,18H,2-6,10,17H2,1H3. The molecule has 1 saturated carbocycles. The topological polar surface area (TPSA) is 38.0 Å². The highest BCUT2D eigenvalue weighted by Gasteiger charge is 2.18. The van der Waals surface area contributed by atoms with Crippen molar-refractivity contribution in [3.63, 3.8) is 0 Å². The molecule has 0 aromatic heterocycles. The van der Waals surface area contributed by atoms with E-state index in [4.69, 9.17) is 5.73 Å². The number of aryl methyl sites for hydroxylation is 1. The Balaban J connectivity index is 2.04. The molecule has 0 heterocycles. The maximum atomic E-state index is 5.93. The van der Waals surface area contributed by atoms with Crippen molar-refractivity contribution in [2.24, 2.45) is 5.73 Å². The zero-order valence-corrected chi connectivity index (χ0v) is 12.7. The van der Waals surface area contributed by atoms with Crippen LogP contribution in [0.4, 0.5) is 0 Å². The molecule has 1 fully saturated rings. The Bertz CT molecular complexity index is 386. The summed E-state index contributed by atoms with van der Waals surface area (Å²) >= 11 is 3.60. The molecule has 1 unspecified atom stereocenters. The van der Waals surface area contributed by atoms with Gasteiger partial charge in [0, 0.05) is 23.1 Å². The van der Waals surface area contributed by atoms with Gasteiger partial charge in [0.25, 0.3) is 0 Å². The maximum Gasteiger partial charge on any atom is 0.0447 e. The first kappa shape index (κ1) is 14.0. The van der Waals surface area contributed by atoms with Gasteiger partial charge in [-0.05, 0) is 37.0 Å². The average Bonchev–Trinajstić information content (AvgIpc) is 2.40. The van der Waals surface area contributed by atoms with Crippen molar-refractivity contribution in [2.75, 3.05) is 6.54 Å². The van der Waals surface area contributed by atoms with Crippen molar-refractivity contribution in [1.29, 1.82) is 0 Å². The maximum absolute atomic E-state index is 5.93.